The molecule has 0 spiro atoms. The summed E-state index contributed by atoms with van der Waals surface area (Å²) < 4.78 is 0. The number of carboxylic acids is 1. The van der Waals surface area contributed by atoms with Crippen molar-refractivity contribution in [3.63, 3.8) is 0 Å². The Morgan fingerprint density at radius 2 is 2.08 bits per heavy atom. The van der Waals surface area contributed by atoms with Crippen molar-refractivity contribution in [2.24, 2.45) is 10.9 Å². The number of rotatable bonds is 4. The summed E-state index contributed by atoms with van der Waals surface area (Å²) in [4.78, 5) is 32.8. The van der Waals surface area contributed by atoms with Crippen LogP contribution in [0, 0.1) is 5.92 Å². The Bertz CT molecular complexity index is 843. The van der Waals surface area contributed by atoms with Crippen molar-refractivity contribution in [2.75, 3.05) is 0 Å². The molecular formula is C17H17N3O3S. The average Bonchev–Trinajstić information content (AvgIpc) is 3.16. The molecule has 1 amide bonds. The molecule has 0 fully saturated rings. The lowest BCUT2D eigenvalue weighted by Crippen LogP contribution is -2.41. The fourth-order valence-corrected chi connectivity index (χ4v) is 3.08. The smallest absolute Gasteiger partial charge is 0.338 e. The highest BCUT2D eigenvalue weighted by molar-refractivity contribution is 7.08. The topological polar surface area (TPSA) is 91.7 Å². The fourth-order valence-electron chi connectivity index (χ4n) is 2.43. The van der Waals surface area contributed by atoms with E-state index in [0.717, 1.165) is 5.56 Å². The first kappa shape index (κ1) is 16.3. The van der Waals surface area contributed by atoms with Gasteiger partial charge in [0.15, 0.2) is 5.84 Å². The van der Waals surface area contributed by atoms with E-state index in [2.05, 4.69) is 15.3 Å². The van der Waals surface area contributed by atoms with Gasteiger partial charge < -0.3 is 10.4 Å². The Hall–Kier alpha value is -2.54. The largest absolute Gasteiger partial charge is 0.478 e. The zero-order chi connectivity index (χ0) is 17.5. The van der Waals surface area contributed by atoms with Crippen molar-refractivity contribution < 1.29 is 14.7 Å². The molecule has 7 heteroatoms. The van der Waals surface area contributed by atoms with Gasteiger partial charge in [-0.3, -0.25) is 4.79 Å². The van der Waals surface area contributed by atoms with Gasteiger partial charge in [-0.1, -0.05) is 13.8 Å². The molecule has 2 aromatic heterocycles. The van der Waals surface area contributed by atoms with Gasteiger partial charge in [0.1, 0.15) is 11.2 Å². The molecule has 1 aliphatic heterocycles. The molecule has 1 aliphatic rings. The van der Waals surface area contributed by atoms with Gasteiger partial charge >= 0.3 is 5.97 Å². The third kappa shape index (κ3) is 2.60. The molecule has 3 rings (SSSR count). The van der Waals surface area contributed by atoms with Crippen LogP contribution >= 0.6 is 11.3 Å². The highest BCUT2D eigenvalue weighted by Crippen LogP contribution is 2.28. The van der Waals surface area contributed by atoms with Crippen LogP contribution in [-0.2, 0) is 4.79 Å². The Labute approximate surface area is 143 Å². The van der Waals surface area contributed by atoms with E-state index in [1.807, 2.05) is 30.7 Å². The maximum atomic E-state index is 12.3. The molecule has 0 bridgehead atoms. The number of nitrogens with one attached hydrogen (secondary N) is 1. The molecule has 0 aromatic carbocycles. The van der Waals surface area contributed by atoms with E-state index in [-0.39, 0.29) is 28.9 Å². The molecule has 24 heavy (non-hydrogen) atoms. The highest BCUT2D eigenvalue weighted by atomic mass is 32.1. The summed E-state index contributed by atoms with van der Waals surface area (Å²) in [6.07, 6.45) is 0. The minimum atomic E-state index is -1.11. The predicted octanol–water partition coefficient (Wildman–Crippen LogP) is 2.80. The zero-order valence-corrected chi connectivity index (χ0v) is 14.3. The Balaban J connectivity index is 2.14. The van der Waals surface area contributed by atoms with Crippen molar-refractivity contribution in [2.45, 2.75) is 26.3 Å². The monoisotopic (exact) mass is 343 g/mol. The summed E-state index contributed by atoms with van der Waals surface area (Å²) in [5, 5.41) is 16.0. The number of carbonyl (C=O) groups excluding carboxylic acids is 1. The van der Waals surface area contributed by atoms with Crippen LogP contribution in [0.5, 0.6) is 0 Å². The number of nitrogens with zero attached hydrogens (tertiary/aromatic N) is 2. The van der Waals surface area contributed by atoms with E-state index >= 15 is 0 Å². The minimum absolute atomic E-state index is 0.0148. The van der Waals surface area contributed by atoms with Crippen molar-refractivity contribution >= 4 is 29.0 Å². The Kier molecular flexibility index (Phi) is 3.96. The van der Waals surface area contributed by atoms with Crippen LogP contribution in [0.1, 0.15) is 36.8 Å². The molecular weight excluding hydrogens is 326 g/mol. The van der Waals surface area contributed by atoms with E-state index in [0.29, 0.717) is 5.69 Å². The highest BCUT2D eigenvalue weighted by Gasteiger charge is 2.43. The van der Waals surface area contributed by atoms with Gasteiger partial charge in [-0.2, -0.15) is 11.3 Å². The summed E-state index contributed by atoms with van der Waals surface area (Å²) in [7, 11) is 0. The maximum Gasteiger partial charge on any atom is 0.338 e. The van der Waals surface area contributed by atoms with Crippen molar-refractivity contribution in [1.29, 1.82) is 0 Å². The quantitative estimate of drug-likeness (QED) is 0.893. The van der Waals surface area contributed by atoms with E-state index in [4.69, 9.17) is 0 Å². The molecule has 0 aliphatic carbocycles. The second kappa shape index (κ2) is 5.83. The van der Waals surface area contributed by atoms with Crippen LogP contribution in [-0.4, -0.2) is 33.3 Å². The lowest BCUT2D eigenvalue weighted by atomic mass is 9.89. The summed E-state index contributed by atoms with van der Waals surface area (Å²) >= 11 is 1.53. The van der Waals surface area contributed by atoms with Gasteiger partial charge in [-0.15, -0.1) is 0 Å². The van der Waals surface area contributed by atoms with Gasteiger partial charge in [-0.05, 0) is 36.4 Å². The average molecular weight is 343 g/mol. The number of pyridine rings is 1. The van der Waals surface area contributed by atoms with Crippen molar-refractivity contribution in [1.82, 2.24) is 10.3 Å². The van der Waals surface area contributed by atoms with Gasteiger partial charge in [-0.25, -0.2) is 14.8 Å². The molecule has 1 atom stereocenters. The van der Waals surface area contributed by atoms with Crippen LogP contribution < -0.4 is 5.32 Å². The second-order valence-electron chi connectivity index (χ2n) is 6.13. The van der Waals surface area contributed by atoms with E-state index < -0.39 is 11.5 Å². The number of thiophene rings is 1. The SMILES string of the molecule is CC(C)C1(C)N=C(c2nc(-c3ccsc3)ccc2C(=O)O)NC1=O. The van der Waals surface area contributed by atoms with Crippen LogP contribution in [0.25, 0.3) is 11.3 Å². The number of amides is 1. The lowest BCUT2D eigenvalue weighted by Gasteiger charge is -2.21. The minimum Gasteiger partial charge on any atom is -0.478 e. The normalized spacial score (nSPS) is 20.2. The molecule has 0 saturated heterocycles. The summed E-state index contributed by atoms with van der Waals surface area (Å²) in [6, 6.07) is 5.07. The van der Waals surface area contributed by atoms with Crippen LogP contribution in [0.2, 0.25) is 0 Å². The van der Waals surface area contributed by atoms with Crippen LogP contribution in [0.4, 0.5) is 0 Å². The number of carboxylic acid groups (broad SMARTS) is 1. The maximum absolute atomic E-state index is 12.3. The van der Waals surface area contributed by atoms with Crippen LogP contribution in [0.15, 0.2) is 34.0 Å². The van der Waals surface area contributed by atoms with Crippen molar-refractivity contribution in [3.05, 3.63) is 40.2 Å². The standard InChI is InChI=1S/C17H17N3O3S/c1-9(2)17(3)16(23)19-14(20-17)13-11(15(21)22)4-5-12(18-13)10-6-7-24-8-10/h4-9H,1-3H3,(H,21,22)(H,19,20,23). The number of amidine groups is 1. The molecule has 124 valence electrons. The summed E-state index contributed by atoms with van der Waals surface area (Å²) in [5.74, 6) is -1.16. The van der Waals surface area contributed by atoms with Crippen LogP contribution in [0.3, 0.4) is 0 Å². The number of hydrogen-bond acceptors (Lipinski definition) is 5. The number of carbonyl (C=O) groups is 2. The second-order valence-corrected chi connectivity index (χ2v) is 6.91. The molecule has 1 unspecified atom stereocenters. The third-order valence-corrected chi connectivity index (χ3v) is 5.01. The molecule has 3 heterocycles. The molecule has 0 radical (unpaired) electrons. The third-order valence-electron chi connectivity index (χ3n) is 4.33. The number of aliphatic imine (C=N–C) groups is 1. The van der Waals surface area contributed by atoms with E-state index in [9.17, 15) is 14.7 Å². The van der Waals surface area contributed by atoms with Gasteiger partial charge in [0, 0.05) is 10.9 Å². The predicted molar refractivity (Wildman–Crippen MR) is 92.4 cm³/mol. The molecule has 2 aromatic rings. The number of aromatic carboxylic acids is 1. The molecule has 2 N–H and O–H groups in total. The first-order valence-corrected chi connectivity index (χ1v) is 8.46. The lowest BCUT2D eigenvalue weighted by molar-refractivity contribution is -0.124. The summed E-state index contributed by atoms with van der Waals surface area (Å²) in [6.45, 7) is 5.54. The molecule has 6 nitrogen and oxygen atoms in total. The summed E-state index contributed by atoms with van der Waals surface area (Å²) in [5.41, 5.74) is 0.816. The van der Waals surface area contributed by atoms with E-state index in [1.54, 1.807) is 13.0 Å². The first-order chi connectivity index (χ1) is 11.3. The Morgan fingerprint density at radius 3 is 2.62 bits per heavy atom. The molecule has 0 saturated carbocycles. The number of hydrogen-bond donors (Lipinski definition) is 2. The Morgan fingerprint density at radius 1 is 1.33 bits per heavy atom. The van der Waals surface area contributed by atoms with Gasteiger partial charge in [0.25, 0.3) is 5.91 Å². The number of aromatic nitrogens is 1. The van der Waals surface area contributed by atoms with Gasteiger partial charge in [0.2, 0.25) is 0 Å². The fraction of sp³-hybridized carbons (Fsp3) is 0.294. The zero-order valence-electron chi connectivity index (χ0n) is 13.5. The van der Waals surface area contributed by atoms with Gasteiger partial charge in [0.05, 0.1) is 11.3 Å². The first-order valence-electron chi connectivity index (χ1n) is 7.51. The van der Waals surface area contributed by atoms with E-state index in [1.165, 1.54) is 17.4 Å². The van der Waals surface area contributed by atoms with Crippen molar-refractivity contribution in [3.8, 4) is 11.3 Å².